The highest BCUT2D eigenvalue weighted by Crippen LogP contribution is 1.98. The van der Waals surface area contributed by atoms with Gasteiger partial charge in [0.25, 0.3) is 0 Å². The van der Waals surface area contributed by atoms with E-state index in [4.69, 9.17) is 16.9 Å². The van der Waals surface area contributed by atoms with E-state index in [1.54, 1.807) is 6.20 Å². The zero-order chi connectivity index (χ0) is 11.7. The Morgan fingerprint density at radius 2 is 2.27 bits per heavy atom. The molecule has 0 aromatic heterocycles. The number of aliphatic imine (C=N–C) groups is 1. The first-order chi connectivity index (χ1) is 7.07. The molecule has 3 heteroatoms. The van der Waals surface area contributed by atoms with Crippen molar-refractivity contribution in [2.45, 2.75) is 39.7 Å². The summed E-state index contributed by atoms with van der Waals surface area (Å²) in [5.74, 6) is 3.20. The Kier molecular flexibility index (Phi) is 7.39. The van der Waals surface area contributed by atoms with Gasteiger partial charge >= 0.3 is 0 Å². The summed E-state index contributed by atoms with van der Waals surface area (Å²) in [5, 5.41) is 0. The van der Waals surface area contributed by atoms with Crippen molar-refractivity contribution in [3.63, 3.8) is 0 Å². The smallest absolute Gasteiger partial charge is 0.184 e. The molecular weight excluding hydrogens is 188 g/mol. The van der Waals surface area contributed by atoms with Crippen LogP contribution in [0.3, 0.4) is 0 Å². The molecule has 0 fully saturated rings. The molecule has 2 N–H and O–H groups in total. The molecule has 0 saturated heterocycles. The van der Waals surface area contributed by atoms with Crippen LogP contribution in [0, 0.1) is 12.3 Å². The number of hydrogen-bond acceptors (Lipinski definition) is 3. The molecule has 0 aliphatic rings. The zero-order valence-electron chi connectivity index (χ0n) is 9.79. The van der Waals surface area contributed by atoms with E-state index in [-0.39, 0.29) is 6.04 Å². The van der Waals surface area contributed by atoms with Crippen molar-refractivity contribution in [1.29, 1.82) is 0 Å². The standard InChI is InChI=1S/C12H20N2O/c1-5-6-7-8-15-12(4)14-9-10(2)11(3)13/h1,9,11H,6-8,13H2,2-4H3/b10-9+,14-12?. The molecule has 0 rings (SSSR count). The van der Waals surface area contributed by atoms with Gasteiger partial charge in [0.1, 0.15) is 0 Å². The number of unbranched alkanes of at least 4 members (excludes halogenated alkanes) is 1. The average Bonchev–Trinajstić information content (AvgIpc) is 2.20. The first-order valence-electron chi connectivity index (χ1n) is 5.10. The third-order valence-electron chi connectivity index (χ3n) is 1.94. The van der Waals surface area contributed by atoms with Gasteiger partial charge in [0.15, 0.2) is 5.90 Å². The lowest BCUT2D eigenvalue weighted by Crippen LogP contribution is -2.15. The Hall–Kier alpha value is -1.27. The molecule has 0 aliphatic heterocycles. The van der Waals surface area contributed by atoms with Crippen LogP contribution in [-0.2, 0) is 4.74 Å². The van der Waals surface area contributed by atoms with Crippen LogP contribution < -0.4 is 5.73 Å². The van der Waals surface area contributed by atoms with Gasteiger partial charge in [-0.3, -0.25) is 0 Å². The summed E-state index contributed by atoms with van der Waals surface area (Å²) in [6, 6.07) is 0.0305. The van der Waals surface area contributed by atoms with Crippen LogP contribution in [0.5, 0.6) is 0 Å². The van der Waals surface area contributed by atoms with Gasteiger partial charge in [-0.25, -0.2) is 4.99 Å². The quantitative estimate of drug-likeness (QED) is 0.325. The highest BCUT2D eigenvalue weighted by atomic mass is 16.5. The Morgan fingerprint density at radius 1 is 1.60 bits per heavy atom. The van der Waals surface area contributed by atoms with Gasteiger partial charge in [0, 0.05) is 25.6 Å². The maximum absolute atomic E-state index is 5.66. The molecule has 84 valence electrons. The third-order valence-corrected chi connectivity index (χ3v) is 1.94. The molecule has 1 unspecified atom stereocenters. The molecule has 0 saturated carbocycles. The van der Waals surface area contributed by atoms with Crippen molar-refractivity contribution >= 4 is 5.90 Å². The molecule has 3 nitrogen and oxygen atoms in total. The predicted molar refractivity (Wildman–Crippen MR) is 64.5 cm³/mol. The average molecular weight is 208 g/mol. The topological polar surface area (TPSA) is 47.6 Å². The van der Waals surface area contributed by atoms with Gasteiger partial charge in [-0.2, -0.15) is 0 Å². The molecule has 0 aromatic rings. The second-order valence-electron chi connectivity index (χ2n) is 3.47. The number of ether oxygens (including phenoxy) is 1. The van der Waals surface area contributed by atoms with Gasteiger partial charge in [0.2, 0.25) is 0 Å². The maximum atomic E-state index is 5.66. The Labute approximate surface area is 92.4 Å². The van der Waals surface area contributed by atoms with Crippen molar-refractivity contribution in [2.24, 2.45) is 10.7 Å². The van der Waals surface area contributed by atoms with Crippen molar-refractivity contribution in [1.82, 2.24) is 0 Å². The van der Waals surface area contributed by atoms with Crippen LogP contribution in [0.4, 0.5) is 0 Å². The zero-order valence-corrected chi connectivity index (χ0v) is 9.79. The number of nitrogens with two attached hydrogens (primary N) is 1. The van der Waals surface area contributed by atoms with Crippen LogP contribution in [0.1, 0.15) is 33.6 Å². The lowest BCUT2D eigenvalue weighted by Gasteiger charge is -2.04. The van der Waals surface area contributed by atoms with E-state index in [2.05, 4.69) is 10.9 Å². The molecule has 0 bridgehead atoms. The number of rotatable bonds is 5. The minimum atomic E-state index is 0.0305. The molecule has 0 spiro atoms. The van der Waals surface area contributed by atoms with Crippen molar-refractivity contribution < 1.29 is 4.74 Å². The first-order valence-corrected chi connectivity index (χ1v) is 5.10. The normalized spacial score (nSPS) is 14.6. The summed E-state index contributed by atoms with van der Waals surface area (Å²) in [6.07, 6.45) is 8.45. The Bertz CT molecular complexity index is 272. The van der Waals surface area contributed by atoms with E-state index in [0.717, 1.165) is 18.4 Å². The van der Waals surface area contributed by atoms with Gasteiger partial charge in [-0.1, -0.05) is 0 Å². The maximum Gasteiger partial charge on any atom is 0.184 e. The molecular formula is C12H20N2O. The van der Waals surface area contributed by atoms with E-state index < -0.39 is 0 Å². The third kappa shape index (κ3) is 7.77. The summed E-state index contributed by atoms with van der Waals surface area (Å²) >= 11 is 0. The fraction of sp³-hybridized carbons (Fsp3) is 0.583. The van der Waals surface area contributed by atoms with Gasteiger partial charge in [-0.15, -0.1) is 12.3 Å². The lowest BCUT2D eigenvalue weighted by atomic mass is 10.2. The molecule has 0 aromatic carbocycles. The van der Waals surface area contributed by atoms with Crippen molar-refractivity contribution in [3.8, 4) is 12.3 Å². The molecule has 0 heterocycles. The van der Waals surface area contributed by atoms with Gasteiger partial charge in [0.05, 0.1) is 6.61 Å². The minimum absolute atomic E-state index is 0.0305. The van der Waals surface area contributed by atoms with Crippen LogP contribution in [0.2, 0.25) is 0 Å². The fourth-order valence-corrected chi connectivity index (χ4v) is 0.742. The SMILES string of the molecule is C#CCCCOC(C)=N/C=C(\C)C(C)N. The molecule has 0 amide bonds. The summed E-state index contributed by atoms with van der Waals surface area (Å²) in [7, 11) is 0. The second kappa shape index (κ2) is 8.07. The number of hydrogen-bond donors (Lipinski definition) is 1. The van der Waals surface area contributed by atoms with E-state index in [1.165, 1.54) is 0 Å². The van der Waals surface area contributed by atoms with Crippen LogP contribution in [0.25, 0.3) is 0 Å². The van der Waals surface area contributed by atoms with Crippen LogP contribution in [0.15, 0.2) is 16.8 Å². The summed E-state index contributed by atoms with van der Waals surface area (Å²) in [6.45, 7) is 6.30. The van der Waals surface area contributed by atoms with Crippen molar-refractivity contribution in [3.05, 3.63) is 11.8 Å². The first kappa shape index (κ1) is 13.7. The lowest BCUT2D eigenvalue weighted by molar-refractivity contribution is 0.297. The number of terminal acetylenes is 1. The summed E-state index contributed by atoms with van der Waals surface area (Å²) in [5.41, 5.74) is 6.69. The van der Waals surface area contributed by atoms with Gasteiger partial charge < -0.3 is 10.5 Å². The molecule has 1 atom stereocenters. The number of nitrogens with zero attached hydrogens (tertiary/aromatic N) is 1. The summed E-state index contributed by atoms with van der Waals surface area (Å²) in [4.78, 5) is 4.14. The van der Waals surface area contributed by atoms with E-state index in [0.29, 0.717) is 12.5 Å². The molecule has 0 aliphatic carbocycles. The monoisotopic (exact) mass is 208 g/mol. The largest absolute Gasteiger partial charge is 0.481 e. The van der Waals surface area contributed by atoms with Gasteiger partial charge in [-0.05, 0) is 25.8 Å². The van der Waals surface area contributed by atoms with E-state index in [1.807, 2.05) is 20.8 Å². The molecule has 0 radical (unpaired) electrons. The van der Waals surface area contributed by atoms with Crippen LogP contribution >= 0.6 is 0 Å². The molecule has 15 heavy (non-hydrogen) atoms. The Morgan fingerprint density at radius 3 is 2.80 bits per heavy atom. The van der Waals surface area contributed by atoms with Crippen molar-refractivity contribution in [2.75, 3.05) is 6.61 Å². The highest BCUT2D eigenvalue weighted by molar-refractivity contribution is 5.73. The summed E-state index contributed by atoms with van der Waals surface area (Å²) < 4.78 is 5.34. The second-order valence-corrected chi connectivity index (χ2v) is 3.47. The fourth-order valence-electron chi connectivity index (χ4n) is 0.742. The highest BCUT2D eigenvalue weighted by Gasteiger charge is 1.95. The van der Waals surface area contributed by atoms with E-state index >= 15 is 0 Å². The minimum Gasteiger partial charge on any atom is -0.481 e. The van der Waals surface area contributed by atoms with Crippen LogP contribution in [-0.4, -0.2) is 18.5 Å². The predicted octanol–water partition coefficient (Wildman–Crippen LogP) is 2.09. The Balaban J connectivity index is 3.89. The van der Waals surface area contributed by atoms with E-state index in [9.17, 15) is 0 Å².